The van der Waals surface area contributed by atoms with Gasteiger partial charge >= 0.3 is 0 Å². The Kier molecular flexibility index (Phi) is 6.06. The molecule has 6 heteroatoms. The highest BCUT2D eigenvalue weighted by atomic mass is 16.5. The lowest BCUT2D eigenvalue weighted by molar-refractivity contribution is -0.134. The third-order valence-corrected chi connectivity index (χ3v) is 4.57. The zero-order valence-corrected chi connectivity index (χ0v) is 16.0. The standard InChI is InChI=1S/C21H25NO5/c1-4-26-17-7-5-6-8-18(17)27-14-21(23)22-10-9-15-11-19(24-2)20(25-3)12-16(15)13-22/h5-8,11-12H,4,9-10,13-14H2,1-3H3. The Morgan fingerprint density at radius 3 is 2.22 bits per heavy atom. The number of hydrogen-bond acceptors (Lipinski definition) is 5. The lowest BCUT2D eigenvalue weighted by Gasteiger charge is -2.29. The number of rotatable bonds is 7. The van der Waals surface area contributed by atoms with Crippen molar-refractivity contribution in [3.63, 3.8) is 0 Å². The molecule has 6 nitrogen and oxygen atoms in total. The van der Waals surface area contributed by atoms with Gasteiger partial charge in [-0.05, 0) is 48.7 Å². The van der Waals surface area contributed by atoms with Gasteiger partial charge in [0.15, 0.2) is 29.6 Å². The van der Waals surface area contributed by atoms with Gasteiger partial charge in [0, 0.05) is 13.1 Å². The van der Waals surface area contributed by atoms with Crippen LogP contribution in [0.15, 0.2) is 36.4 Å². The summed E-state index contributed by atoms with van der Waals surface area (Å²) in [6, 6.07) is 11.3. The molecule has 0 aliphatic carbocycles. The summed E-state index contributed by atoms with van der Waals surface area (Å²) in [4.78, 5) is 14.4. The summed E-state index contributed by atoms with van der Waals surface area (Å²) in [5.74, 6) is 2.56. The number of methoxy groups -OCH3 is 2. The van der Waals surface area contributed by atoms with E-state index in [0.717, 1.165) is 12.0 Å². The van der Waals surface area contributed by atoms with Crippen molar-refractivity contribution in [1.82, 2.24) is 4.90 Å². The minimum atomic E-state index is -0.0539. The first-order valence-electron chi connectivity index (χ1n) is 9.02. The van der Waals surface area contributed by atoms with Gasteiger partial charge in [0.2, 0.25) is 0 Å². The molecule has 3 rings (SSSR count). The van der Waals surface area contributed by atoms with E-state index in [1.807, 2.05) is 37.3 Å². The van der Waals surface area contributed by atoms with Crippen LogP contribution in [0, 0.1) is 0 Å². The highest BCUT2D eigenvalue weighted by molar-refractivity contribution is 5.78. The predicted molar refractivity (Wildman–Crippen MR) is 102 cm³/mol. The van der Waals surface area contributed by atoms with E-state index < -0.39 is 0 Å². The fraction of sp³-hybridized carbons (Fsp3) is 0.381. The van der Waals surface area contributed by atoms with Crippen molar-refractivity contribution in [1.29, 1.82) is 0 Å². The topological polar surface area (TPSA) is 57.2 Å². The van der Waals surface area contributed by atoms with E-state index >= 15 is 0 Å². The van der Waals surface area contributed by atoms with Gasteiger partial charge < -0.3 is 23.8 Å². The van der Waals surface area contributed by atoms with E-state index in [2.05, 4.69) is 0 Å². The van der Waals surface area contributed by atoms with E-state index in [4.69, 9.17) is 18.9 Å². The Morgan fingerprint density at radius 2 is 1.59 bits per heavy atom. The Hall–Kier alpha value is -2.89. The normalized spacial score (nSPS) is 12.9. The van der Waals surface area contributed by atoms with Crippen LogP contribution in [-0.4, -0.2) is 44.8 Å². The summed E-state index contributed by atoms with van der Waals surface area (Å²) in [6.45, 7) is 3.62. The molecule has 0 radical (unpaired) electrons. The third kappa shape index (κ3) is 4.27. The van der Waals surface area contributed by atoms with Crippen molar-refractivity contribution < 1.29 is 23.7 Å². The first-order valence-corrected chi connectivity index (χ1v) is 9.02. The summed E-state index contributed by atoms with van der Waals surface area (Å²) in [5.41, 5.74) is 2.25. The second kappa shape index (κ2) is 8.66. The minimum Gasteiger partial charge on any atom is -0.493 e. The second-order valence-corrected chi connectivity index (χ2v) is 6.21. The van der Waals surface area contributed by atoms with Crippen molar-refractivity contribution in [2.45, 2.75) is 19.9 Å². The monoisotopic (exact) mass is 371 g/mol. The fourth-order valence-electron chi connectivity index (χ4n) is 3.17. The van der Waals surface area contributed by atoms with E-state index in [1.165, 1.54) is 5.56 Å². The maximum atomic E-state index is 12.6. The molecule has 0 fully saturated rings. The molecule has 0 saturated heterocycles. The van der Waals surface area contributed by atoms with E-state index in [-0.39, 0.29) is 12.5 Å². The van der Waals surface area contributed by atoms with Gasteiger partial charge in [-0.15, -0.1) is 0 Å². The number of nitrogens with zero attached hydrogens (tertiary/aromatic N) is 1. The van der Waals surface area contributed by atoms with Gasteiger partial charge in [-0.3, -0.25) is 4.79 Å². The molecule has 0 atom stereocenters. The van der Waals surface area contributed by atoms with Crippen LogP contribution in [0.3, 0.4) is 0 Å². The average molecular weight is 371 g/mol. The smallest absolute Gasteiger partial charge is 0.260 e. The molecular formula is C21H25NO5. The molecule has 2 aromatic carbocycles. The molecule has 2 aromatic rings. The number of benzene rings is 2. The molecule has 27 heavy (non-hydrogen) atoms. The Morgan fingerprint density at radius 1 is 0.963 bits per heavy atom. The lowest BCUT2D eigenvalue weighted by Crippen LogP contribution is -2.38. The molecule has 1 amide bonds. The summed E-state index contributed by atoms with van der Waals surface area (Å²) >= 11 is 0. The SMILES string of the molecule is CCOc1ccccc1OCC(=O)N1CCc2cc(OC)c(OC)cc2C1. The number of fused-ring (bicyclic) bond motifs is 1. The fourth-order valence-corrected chi connectivity index (χ4v) is 3.17. The molecule has 0 unspecified atom stereocenters. The second-order valence-electron chi connectivity index (χ2n) is 6.21. The molecule has 0 N–H and O–H groups in total. The van der Waals surface area contributed by atoms with Crippen LogP contribution >= 0.6 is 0 Å². The van der Waals surface area contributed by atoms with Crippen molar-refractivity contribution in [2.24, 2.45) is 0 Å². The summed E-state index contributed by atoms with van der Waals surface area (Å²) < 4.78 is 22.0. The van der Waals surface area contributed by atoms with Crippen LogP contribution in [0.2, 0.25) is 0 Å². The highest BCUT2D eigenvalue weighted by Crippen LogP contribution is 2.33. The van der Waals surface area contributed by atoms with Gasteiger partial charge in [-0.1, -0.05) is 12.1 Å². The van der Waals surface area contributed by atoms with Gasteiger partial charge in [0.05, 0.1) is 20.8 Å². The third-order valence-electron chi connectivity index (χ3n) is 4.57. The van der Waals surface area contributed by atoms with Crippen molar-refractivity contribution in [3.05, 3.63) is 47.5 Å². The number of carbonyl (C=O) groups is 1. The molecule has 144 valence electrons. The summed E-state index contributed by atoms with van der Waals surface area (Å²) in [7, 11) is 3.24. The number of amides is 1. The zero-order valence-electron chi connectivity index (χ0n) is 16.0. The average Bonchev–Trinajstić information content (AvgIpc) is 2.71. The molecule has 1 aliphatic heterocycles. The van der Waals surface area contributed by atoms with Gasteiger partial charge in [-0.2, -0.15) is 0 Å². The maximum Gasteiger partial charge on any atom is 0.260 e. The largest absolute Gasteiger partial charge is 0.493 e. The summed E-state index contributed by atoms with van der Waals surface area (Å²) in [5, 5.41) is 0. The molecule has 0 spiro atoms. The van der Waals surface area contributed by atoms with Crippen LogP contribution in [0.25, 0.3) is 0 Å². The minimum absolute atomic E-state index is 0.0211. The van der Waals surface area contributed by atoms with Crippen molar-refractivity contribution in [2.75, 3.05) is 34.0 Å². The Labute approximate surface area is 159 Å². The number of ether oxygens (including phenoxy) is 4. The predicted octanol–water partition coefficient (Wildman–Crippen LogP) is 3.07. The maximum absolute atomic E-state index is 12.6. The number of para-hydroxylation sites is 2. The molecule has 1 aliphatic rings. The van der Waals surface area contributed by atoms with Crippen LogP contribution in [0.5, 0.6) is 23.0 Å². The molecule has 0 aromatic heterocycles. The molecule has 0 saturated carbocycles. The van der Waals surface area contributed by atoms with Gasteiger partial charge in [0.1, 0.15) is 0 Å². The first-order chi connectivity index (χ1) is 13.2. The molecule has 0 bridgehead atoms. The van der Waals surface area contributed by atoms with Crippen LogP contribution < -0.4 is 18.9 Å². The molecular weight excluding hydrogens is 346 g/mol. The van der Waals surface area contributed by atoms with Crippen LogP contribution in [0.4, 0.5) is 0 Å². The highest BCUT2D eigenvalue weighted by Gasteiger charge is 2.23. The van der Waals surface area contributed by atoms with Crippen LogP contribution in [0.1, 0.15) is 18.1 Å². The van der Waals surface area contributed by atoms with Crippen molar-refractivity contribution >= 4 is 5.91 Å². The lowest BCUT2D eigenvalue weighted by atomic mass is 9.99. The molecule has 1 heterocycles. The zero-order chi connectivity index (χ0) is 19.2. The Balaban J connectivity index is 1.66. The Bertz CT molecular complexity index is 805. The van der Waals surface area contributed by atoms with Crippen LogP contribution in [-0.2, 0) is 17.8 Å². The summed E-state index contributed by atoms with van der Waals surface area (Å²) in [6.07, 6.45) is 0.775. The van der Waals surface area contributed by atoms with Gasteiger partial charge in [0.25, 0.3) is 5.91 Å². The van der Waals surface area contributed by atoms with Crippen molar-refractivity contribution in [3.8, 4) is 23.0 Å². The number of hydrogen-bond donors (Lipinski definition) is 0. The van der Waals surface area contributed by atoms with Gasteiger partial charge in [-0.25, -0.2) is 0 Å². The van der Waals surface area contributed by atoms with E-state index in [1.54, 1.807) is 25.2 Å². The van der Waals surface area contributed by atoms with E-state index in [9.17, 15) is 4.79 Å². The first kappa shape index (κ1) is 18.9. The van der Waals surface area contributed by atoms with E-state index in [0.29, 0.717) is 42.7 Å². The number of carbonyl (C=O) groups excluding carboxylic acids is 1. The quantitative estimate of drug-likeness (QED) is 0.749.